The third-order valence-electron chi connectivity index (χ3n) is 1.31. The first-order chi connectivity index (χ1) is 6.42. The number of phenolic OH excluding ortho intramolecular Hbond substituents is 1. The number of carbonyl (C=O) groups is 1. The van der Waals surface area contributed by atoms with E-state index in [1.165, 1.54) is 0 Å². The zero-order valence-corrected chi connectivity index (χ0v) is 7.56. The van der Waals surface area contributed by atoms with Gasteiger partial charge in [-0.2, -0.15) is 8.42 Å². The molecule has 0 radical (unpaired) electrons. The molecule has 0 unspecified atom stereocenters. The van der Waals surface area contributed by atoms with Crippen LogP contribution in [0.4, 0.5) is 4.79 Å². The molecule has 0 aliphatic rings. The molecule has 7 heteroatoms. The minimum absolute atomic E-state index is 0.126. The van der Waals surface area contributed by atoms with Gasteiger partial charge >= 0.3 is 16.3 Å². The zero-order valence-electron chi connectivity index (χ0n) is 6.75. The summed E-state index contributed by atoms with van der Waals surface area (Å²) < 4.78 is 25.8. The number of hydrogen-bond acceptors (Lipinski definition) is 5. The summed E-state index contributed by atoms with van der Waals surface area (Å²) in [5, 5.41) is 17.0. The van der Waals surface area contributed by atoms with Crippen LogP contribution >= 0.6 is 0 Å². The second-order valence-electron chi connectivity index (χ2n) is 2.30. The molecule has 6 nitrogen and oxygen atoms in total. The fourth-order valence-electron chi connectivity index (χ4n) is 0.755. The Balaban J connectivity index is 3.05. The lowest BCUT2D eigenvalue weighted by molar-refractivity contribution is 0.147. The third kappa shape index (κ3) is 2.36. The molecule has 1 aromatic carbocycles. The summed E-state index contributed by atoms with van der Waals surface area (Å²) in [6.45, 7) is 0. The molecule has 2 N–H and O–H groups in total. The Labute approximate surface area is 79.5 Å². The van der Waals surface area contributed by atoms with Gasteiger partial charge in [-0.25, -0.2) is 4.79 Å². The Morgan fingerprint density at radius 3 is 2.14 bits per heavy atom. The van der Waals surface area contributed by atoms with Gasteiger partial charge in [0, 0.05) is 0 Å². The summed E-state index contributed by atoms with van der Waals surface area (Å²) in [5.74, 6) is -0.126. The second-order valence-corrected chi connectivity index (χ2v) is 3.84. The topological polar surface area (TPSA) is 101 Å². The van der Waals surface area contributed by atoms with Gasteiger partial charge in [0.15, 0.2) is 0 Å². The number of rotatable bonds is 2. The fraction of sp³-hybridized carbons (Fsp3) is 0. The van der Waals surface area contributed by atoms with E-state index in [-0.39, 0.29) is 10.6 Å². The van der Waals surface area contributed by atoms with Crippen molar-refractivity contribution in [3.05, 3.63) is 24.3 Å². The number of aromatic hydroxyl groups is 1. The molecule has 0 saturated heterocycles. The molecule has 0 fully saturated rings. The van der Waals surface area contributed by atoms with Crippen LogP contribution in [0.15, 0.2) is 29.2 Å². The molecule has 0 saturated carbocycles. The van der Waals surface area contributed by atoms with Crippen molar-refractivity contribution in [3.63, 3.8) is 0 Å². The van der Waals surface area contributed by atoms with E-state index in [2.05, 4.69) is 4.18 Å². The van der Waals surface area contributed by atoms with Crippen molar-refractivity contribution in [2.75, 3.05) is 0 Å². The van der Waals surface area contributed by atoms with Crippen LogP contribution in [-0.2, 0) is 14.3 Å². The van der Waals surface area contributed by atoms with Gasteiger partial charge < -0.3 is 14.4 Å². The summed E-state index contributed by atoms with van der Waals surface area (Å²) in [5.41, 5.74) is 0. The summed E-state index contributed by atoms with van der Waals surface area (Å²) in [6.07, 6.45) is -1.90. The van der Waals surface area contributed by atoms with Crippen LogP contribution in [-0.4, -0.2) is 24.8 Å². The van der Waals surface area contributed by atoms with Crippen molar-refractivity contribution in [3.8, 4) is 5.75 Å². The molecule has 0 aromatic heterocycles. The van der Waals surface area contributed by atoms with E-state index in [1.807, 2.05) is 0 Å². The van der Waals surface area contributed by atoms with Crippen LogP contribution in [0.2, 0.25) is 0 Å². The molecule has 0 amide bonds. The van der Waals surface area contributed by atoms with E-state index in [1.54, 1.807) is 0 Å². The molecule has 14 heavy (non-hydrogen) atoms. The van der Waals surface area contributed by atoms with Crippen LogP contribution in [0.5, 0.6) is 5.75 Å². The number of benzene rings is 1. The normalized spacial score (nSPS) is 10.9. The SMILES string of the molecule is O=C(O)OS(=O)(=O)c1ccc(O)cc1. The molecule has 0 aliphatic heterocycles. The van der Waals surface area contributed by atoms with E-state index in [0.29, 0.717) is 0 Å². The number of carboxylic acid groups (broad SMARTS) is 1. The van der Waals surface area contributed by atoms with Crippen molar-refractivity contribution < 1.29 is 27.6 Å². The minimum Gasteiger partial charge on any atom is -0.508 e. The van der Waals surface area contributed by atoms with Crippen LogP contribution in [0.25, 0.3) is 0 Å². The molecule has 0 aliphatic carbocycles. The van der Waals surface area contributed by atoms with Gasteiger partial charge in [-0.15, -0.1) is 0 Å². The maximum atomic E-state index is 11.1. The van der Waals surface area contributed by atoms with Crippen molar-refractivity contribution in [1.82, 2.24) is 0 Å². The molecule has 0 heterocycles. The Kier molecular flexibility index (Phi) is 2.61. The van der Waals surface area contributed by atoms with E-state index in [9.17, 15) is 13.2 Å². The van der Waals surface area contributed by atoms with Gasteiger partial charge in [0.05, 0.1) is 0 Å². The maximum absolute atomic E-state index is 11.1. The maximum Gasteiger partial charge on any atom is 0.522 e. The lowest BCUT2D eigenvalue weighted by atomic mass is 10.3. The summed E-state index contributed by atoms with van der Waals surface area (Å²) >= 11 is 0. The van der Waals surface area contributed by atoms with E-state index < -0.39 is 16.3 Å². The standard InChI is InChI=1S/C7H6O6S/c8-5-1-3-6(4-2-5)14(11,12)13-7(9)10/h1-4,8H,(H,9,10). The Bertz CT molecular complexity index is 432. The van der Waals surface area contributed by atoms with Gasteiger partial charge in [-0.3, -0.25) is 0 Å². The molecular formula is C7H6O6S. The predicted octanol–water partition coefficient (Wildman–Crippen LogP) is 0.776. The van der Waals surface area contributed by atoms with E-state index in [0.717, 1.165) is 24.3 Å². The molecular weight excluding hydrogens is 212 g/mol. The molecule has 0 bridgehead atoms. The van der Waals surface area contributed by atoms with Gasteiger partial charge in [-0.05, 0) is 24.3 Å². The molecule has 1 aromatic rings. The van der Waals surface area contributed by atoms with Crippen molar-refractivity contribution in [1.29, 1.82) is 0 Å². The smallest absolute Gasteiger partial charge is 0.508 e. The quantitative estimate of drug-likeness (QED) is 0.711. The average molecular weight is 218 g/mol. The van der Waals surface area contributed by atoms with Crippen LogP contribution in [0.3, 0.4) is 0 Å². The fourth-order valence-corrected chi connectivity index (χ4v) is 1.51. The van der Waals surface area contributed by atoms with Crippen molar-refractivity contribution in [2.45, 2.75) is 4.90 Å². The highest BCUT2D eigenvalue weighted by Gasteiger charge is 2.18. The monoisotopic (exact) mass is 218 g/mol. The first kappa shape index (κ1) is 10.3. The molecule has 1 rings (SSSR count). The third-order valence-corrected chi connectivity index (χ3v) is 2.52. The van der Waals surface area contributed by atoms with Crippen molar-refractivity contribution >= 4 is 16.3 Å². The summed E-state index contributed by atoms with van der Waals surface area (Å²) in [6, 6.07) is 4.29. The Morgan fingerprint density at radius 2 is 1.71 bits per heavy atom. The molecule has 0 spiro atoms. The average Bonchev–Trinajstić information content (AvgIpc) is 2.02. The van der Waals surface area contributed by atoms with Gasteiger partial charge in [0.1, 0.15) is 10.6 Å². The van der Waals surface area contributed by atoms with Gasteiger partial charge in [-0.1, -0.05) is 0 Å². The number of hydrogen-bond donors (Lipinski definition) is 2. The second kappa shape index (κ2) is 3.54. The lowest BCUT2D eigenvalue weighted by Crippen LogP contribution is -2.10. The molecule has 0 atom stereocenters. The van der Waals surface area contributed by atoms with E-state index in [4.69, 9.17) is 10.2 Å². The Hall–Kier alpha value is -1.76. The van der Waals surface area contributed by atoms with Crippen LogP contribution in [0, 0.1) is 0 Å². The largest absolute Gasteiger partial charge is 0.522 e. The minimum atomic E-state index is -4.29. The van der Waals surface area contributed by atoms with E-state index >= 15 is 0 Å². The first-order valence-corrected chi connectivity index (χ1v) is 4.79. The lowest BCUT2D eigenvalue weighted by Gasteiger charge is -2.01. The zero-order chi connectivity index (χ0) is 10.8. The van der Waals surface area contributed by atoms with Crippen molar-refractivity contribution in [2.24, 2.45) is 0 Å². The summed E-state index contributed by atoms with van der Waals surface area (Å²) in [4.78, 5) is 9.67. The van der Waals surface area contributed by atoms with Crippen LogP contribution in [0.1, 0.15) is 0 Å². The highest BCUT2D eigenvalue weighted by molar-refractivity contribution is 7.87. The predicted molar refractivity (Wildman–Crippen MR) is 44.4 cm³/mol. The van der Waals surface area contributed by atoms with Gasteiger partial charge in [0.2, 0.25) is 0 Å². The first-order valence-electron chi connectivity index (χ1n) is 3.38. The number of phenols is 1. The van der Waals surface area contributed by atoms with Crippen LogP contribution < -0.4 is 0 Å². The highest BCUT2D eigenvalue weighted by atomic mass is 32.2. The Morgan fingerprint density at radius 1 is 1.21 bits per heavy atom. The highest BCUT2D eigenvalue weighted by Crippen LogP contribution is 2.16. The summed E-state index contributed by atoms with van der Waals surface area (Å²) in [7, 11) is -4.29. The van der Waals surface area contributed by atoms with Gasteiger partial charge in [0.25, 0.3) is 0 Å². The molecule has 76 valence electrons.